The van der Waals surface area contributed by atoms with Crippen molar-refractivity contribution in [2.45, 2.75) is 26.7 Å². The minimum absolute atomic E-state index is 0.972. The van der Waals surface area contributed by atoms with E-state index in [9.17, 15) is 0 Å². The first-order valence-corrected chi connectivity index (χ1v) is 18.5. The number of benzene rings is 4. The highest BCUT2D eigenvalue weighted by atomic mass is 15.0. The summed E-state index contributed by atoms with van der Waals surface area (Å²) in [5, 5.41) is 4.93. The lowest BCUT2D eigenvalue weighted by Crippen LogP contribution is -2.05. The Balaban J connectivity index is 1.19. The van der Waals surface area contributed by atoms with E-state index in [0.29, 0.717) is 0 Å². The fourth-order valence-corrected chi connectivity index (χ4v) is 8.69. The Kier molecular flexibility index (Phi) is 6.71. The van der Waals surface area contributed by atoms with Crippen molar-refractivity contribution in [3.05, 3.63) is 169 Å². The van der Waals surface area contributed by atoms with Crippen LogP contribution in [-0.2, 0) is 12.8 Å². The fraction of sp³-hybridized carbons (Fsp3) is 0.0833. The Hall–Kier alpha value is -6.92. The van der Waals surface area contributed by atoms with Crippen LogP contribution < -0.4 is 0 Å². The third-order valence-electron chi connectivity index (χ3n) is 11.4. The second-order valence-electron chi connectivity index (χ2n) is 14.4. The summed E-state index contributed by atoms with van der Waals surface area (Å²) in [6, 6.07) is 39.6. The van der Waals surface area contributed by atoms with Crippen LogP contribution in [0.5, 0.6) is 0 Å². The maximum atomic E-state index is 4.68. The van der Waals surface area contributed by atoms with Crippen LogP contribution in [0.25, 0.3) is 88.6 Å². The SMILES string of the molecule is Cc1ccncc1-n1c2ccc(-c3ccccn3)cc2c2cc3c(cc21)-c1cc2c(cc1CC3)c1cc(-c3ccccn3)ccc1n2-c1cnccc1C. The van der Waals surface area contributed by atoms with Gasteiger partial charge < -0.3 is 9.13 Å². The van der Waals surface area contributed by atoms with Crippen LogP contribution in [0.4, 0.5) is 0 Å². The Bertz CT molecular complexity index is 2910. The molecule has 4 aromatic carbocycles. The average Bonchev–Trinajstić information content (AvgIpc) is 3.71. The van der Waals surface area contributed by atoms with E-state index in [1.165, 1.54) is 66.0 Å². The van der Waals surface area contributed by atoms with Gasteiger partial charge in [0.15, 0.2) is 0 Å². The highest BCUT2D eigenvalue weighted by Crippen LogP contribution is 2.45. The molecule has 1 aliphatic carbocycles. The second-order valence-corrected chi connectivity index (χ2v) is 14.4. The molecule has 0 unspecified atom stereocenters. The van der Waals surface area contributed by atoms with E-state index in [1.54, 1.807) is 0 Å². The van der Waals surface area contributed by atoms with Crippen molar-refractivity contribution < 1.29 is 0 Å². The summed E-state index contributed by atoms with van der Waals surface area (Å²) in [7, 11) is 0. The van der Waals surface area contributed by atoms with Gasteiger partial charge in [0.25, 0.3) is 0 Å². The number of fused-ring (bicyclic) bond motifs is 9. The van der Waals surface area contributed by atoms with Gasteiger partial charge in [-0.15, -0.1) is 0 Å². The van der Waals surface area contributed by atoms with E-state index < -0.39 is 0 Å². The highest BCUT2D eigenvalue weighted by Gasteiger charge is 2.25. The molecule has 1 aliphatic rings. The van der Waals surface area contributed by atoms with E-state index in [-0.39, 0.29) is 0 Å². The molecule has 11 rings (SSSR count). The molecule has 6 nitrogen and oxygen atoms in total. The Morgan fingerprint density at radius 1 is 0.444 bits per heavy atom. The highest BCUT2D eigenvalue weighted by molar-refractivity contribution is 6.14. The summed E-state index contributed by atoms with van der Waals surface area (Å²) in [6.07, 6.45) is 13.4. The lowest BCUT2D eigenvalue weighted by Gasteiger charge is -2.22. The van der Waals surface area contributed by atoms with Crippen molar-refractivity contribution in [2.24, 2.45) is 0 Å². The van der Waals surface area contributed by atoms with Gasteiger partial charge in [-0.05, 0) is 145 Å². The number of nitrogens with zero attached hydrogens (tertiary/aromatic N) is 6. The maximum absolute atomic E-state index is 4.68. The topological polar surface area (TPSA) is 61.4 Å². The molecule has 10 aromatic rings. The molecule has 0 aliphatic heterocycles. The Labute approximate surface area is 312 Å². The minimum Gasteiger partial charge on any atom is -0.307 e. The number of rotatable bonds is 4. The van der Waals surface area contributed by atoms with Gasteiger partial charge in [0.2, 0.25) is 0 Å². The zero-order valence-corrected chi connectivity index (χ0v) is 30.0. The minimum atomic E-state index is 0.972. The molecule has 0 bridgehead atoms. The number of aromatic nitrogens is 6. The summed E-state index contributed by atoms with van der Waals surface area (Å²) < 4.78 is 4.80. The van der Waals surface area contributed by atoms with Crippen molar-refractivity contribution in [1.82, 2.24) is 29.1 Å². The van der Waals surface area contributed by atoms with Crippen LogP contribution in [0.3, 0.4) is 0 Å². The molecule has 0 radical (unpaired) electrons. The van der Waals surface area contributed by atoms with Crippen molar-refractivity contribution in [2.75, 3.05) is 0 Å². The Morgan fingerprint density at radius 2 is 0.907 bits per heavy atom. The number of hydrogen-bond donors (Lipinski definition) is 0. The molecule has 0 saturated heterocycles. The van der Waals surface area contributed by atoms with Crippen LogP contribution in [0, 0.1) is 13.8 Å². The number of aryl methyl sites for hydroxylation is 4. The summed E-state index contributed by atoms with van der Waals surface area (Å²) >= 11 is 0. The lowest BCUT2D eigenvalue weighted by atomic mass is 9.84. The first-order valence-electron chi connectivity index (χ1n) is 18.5. The van der Waals surface area contributed by atoms with E-state index in [4.69, 9.17) is 0 Å². The third kappa shape index (κ3) is 4.59. The van der Waals surface area contributed by atoms with Crippen molar-refractivity contribution in [3.63, 3.8) is 0 Å². The van der Waals surface area contributed by atoms with Crippen molar-refractivity contribution >= 4 is 43.6 Å². The smallest absolute Gasteiger partial charge is 0.0702 e. The average molecular weight is 695 g/mol. The maximum Gasteiger partial charge on any atom is 0.0702 e. The zero-order chi connectivity index (χ0) is 35.9. The van der Waals surface area contributed by atoms with Crippen LogP contribution in [-0.4, -0.2) is 29.1 Å². The molecule has 0 amide bonds. The Morgan fingerprint density at radius 3 is 1.33 bits per heavy atom. The van der Waals surface area contributed by atoms with Crippen molar-refractivity contribution in [3.8, 4) is 45.0 Å². The quantitative estimate of drug-likeness (QED) is 0.184. The monoisotopic (exact) mass is 694 g/mol. The van der Waals surface area contributed by atoms with Gasteiger partial charge >= 0.3 is 0 Å². The van der Waals surface area contributed by atoms with Gasteiger partial charge in [0, 0.05) is 57.5 Å². The van der Waals surface area contributed by atoms with Crippen LogP contribution >= 0.6 is 0 Å². The van der Waals surface area contributed by atoms with Crippen molar-refractivity contribution in [1.29, 1.82) is 0 Å². The molecule has 6 heteroatoms. The largest absolute Gasteiger partial charge is 0.307 e. The molecule has 0 fully saturated rings. The number of pyridine rings is 4. The van der Waals surface area contributed by atoms with Gasteiger partial charge in [0.1, 0.15) is 0 Å². The lowest BCUT2D eigenvalue weighted by molar-refractivity contribution is 0.945. The van der Waals surface area contributed by atoms with Gasteiger partial charge in [-0.1, -0.05) is 24.3 Å². The van der Waals surface area contributed by atoms with Crippen LogP contribution in [0.15, 0.2) is 146 Å². The molecular formula is C48H34N6. The molecule has 6 heterocycles. The standard InChI is InChI=1S/C48H34N6/c1-29-15-19-49-27-47(29)53-43-13-11-33(41-7-3-5-17-51-41)23-37(43)39-21-31-9-10-32-22-40-38-24-34(42-8-4-6-18-52-42)12-14-44(38)54(48-28-50-20-16-30(48)2)46(40)26-36(32)35(31)25-45(39)53/h3-8,11-28H,9-10H2,1-2H3. The summed E-state index contributed by atoms with van der Waals surface area (Å²) in [5.41, 5.74) is 18.7. The molecule has 54 heavy (non-hydrogen) atoms. The first kappa shape index (κ1) is 30.7. The molecule has 6 aromatic heterocycles. The predicted octanol–water partition coefficient (Wildman–Crippen LogP) is 11.2. The third-order valence-corrected chi connectivity index (χ3v) is 11.4. The summed E-state index contributed by atoms with van der Waals surface area (Å²) in [4.78, 5) is 18.5. The normalized spacial score (nSPS) is 12.5. The van der Waals surface area contributed by atoms with Gasteiger partial charge in [0.05, 0.1) is 57.2 Å². The van der Waals surface area contributed by atoms with Gasteiger partial charge in [-0.25, -0.2) is 0 Å². The van der Waals surface area contributed by atoms with Crippen LogP contribution in [0.2, 0.25) is 0 Å². The first-order chi connectivity index (χ1) is 26.6. The molecule has 0 atom stereocenters. The molecule has 256 valence electrons. The van der Waals surface area contributed by atoms with E-state index in [1.807, 2.05) is 61.4 Å². The fourth-order valence-electron chi connectivity index (χ4n) is 8.69. The molecule has 0 spiro atoms. The molecular weight excluding hydrogens is 661 g/mol. The summed E-state index contributed by atoms with van der Waals surface area (Å²) in [5.74, 6) is 0. The van der Waals surface area contributed by atoms with Crippen LogP contribution in [0.1, 0.15) is 22.3 Å². The van der Waals surface area contributed by atoms with Gasteiger partial charge in [-0.3, -0.25) is 19.9 Å². The predicted molar refractivity (Wildman–Crippen MR) is 219 cm³/mol. The molecule has 0 saturated carbocycles. The van der Waals surface area contributed by atoms with E-state index >= 15 is 0 Å². The summed E-state index contributed by atoms with van der Waals surface area (Å²) in [6.45, 7) is 4.33. The number of hydrogen-bond acceptors (Lipinski definition) is 4. The van der Waals surface area contributed by atoms with E-state index in [2.05, 4.69) is 128 Å². The molecule has 0 N–H and O–H groups in total. The van der Waals surface area contributed by atoms with Gasteiger partial charge in [-0.2, -0.15) is 0 Å². The van der Waals surface area contributed by atoms with E-state index in [0.717, 1.165) is 57.8 Å². The second kappa shape index (κ2) is 11.8. The zero-order valence-electron chi connectivity index (χ0n) is 30.0.